The van der Waals surface area contributed by atoms with Crippen molar-refractivity contribution >= 4 is 17.9 Å². The minimum absolute atomic E-state index is 0.175. The minimum atomic E-state index is 0.175. The Labute approximate surface area is 58.7 Å². The Morgan fingerprint density at radius 2 is 2.33 bits per heavy atom. The Kier molecular flexibility index (Phi) is 2.36. The molecule has 0 unspecified atom stereocenters. The van der Waals surface area contributed by atoms with Crippen LogP contribution in [-0.4, -0.2) is 29.6 Å². The summed E-state index contributed by atoms with van der Waals surface area (Å²) in [6.45, 7) is 1.86. The second kappa shape index (κ2) is 3.08. The average Bonchev–Trinajstić information content (AvgIpc) is 1.60. The van der Waals surface area contributed by atoms with Gasteiger partial charge >= 0.3 is 0 Å². The normalized spacial score (nSPS) is 17.2. The second-order valence-corrected chi connectivity index (χ2v) is 2.67. The molecular formula is C5H10N2OS. The molecule has 0 bridgehead atoms. The topological polar surface area (TPSA) is 46.3 Å². The van der Waals surface area contributed by atoms with E-state index in [0.717, 1.165) is 31.5 Å². The first kappa shape index (κ1) is 6.89. The highest BCUT2D eigenvalue weighted by molar-refractivity contribution is 7.97. The van der Waals surface area contributed by atoms with Crippen molar-refractivity contribution in [2.24, 2.45) is 5.14 Å². The minimum Gasteiger partial charge on any atom is -0.342 e. The summed E-state index contributed by atoms with van der Waals surface area (Å²) in [5.41, 5.74) is 0. The van der Waals surface area contributed by atoms with Crippen molar-refractivity contribution in [1.29, 1.82) is 0 Å². The van der Waals surface area contributed by atoms with Crippen molar-refractivity contribution in [3.8, 4) is 0 Å². The maximum absolute atomic E-state index is 10.9. The number of nitrogens with two attached hydrogens (primary N) is 1. The Morgan fingerprint density at radius 1 is 1.67 bits per heavy atom. The molecule has 0 saturated carbocycles. The summed E-state index contributed by atoms with van der Waals surface area (Å²) in [6, 6.07) is 0. The second-order valence-electron chi connectivity index (χ2n) is 2.05. The van der Waals surface area contributed by atoms with Crippen LogP contribution >= 0.6 is 11.9 Å². The number of carbonyl (C=O) groups is 1. The first-order valence-corrected chi connectivity index (χ1v) is 3.99. The maximum Gasteiger partial charge on any atom is 0.233 e. The largest absolute Gasteiger partial charge is 0.342 e. The molecule has 4 heteroatoms. The highest BCUT2D eigenvalue weighted by atomic mass is 32.2. The van der Waals surface area contributed by atoms with E-state index >= 15 is 0 Å². The number of rotatable bonds is 2. The molecule has 1 saturated heterocycles. The standard InChI is InChI=1S/C5H10N2OS/c6-9-4-5(8)7-2-1-3-7/h1-4,6H2. The lowest BCUT2D eigenvalue weighted by Crippen LogP contribution is -2.43. The molecular weight excluding hydrogens is 136 g/mol. The first-order valence-electron chi connectivity index (χ1n) is 2.94. The summed E-state index contributed by atoms with van der Waals surface area (Å²) >= 11 is 1.10. The van der Waals surface area contributed by atoms with Crippen LogP contribution in [0.2, 0.25) is 0 Å². The van der Waals surface area contributed by atoms with Gasteiger partial charge in [0.15, 0.2) is 0 Å². The van der Waals surface area contributed by atoms with Gasteiger partial charge in [0, 0.05) is 13.1 Å². The Balaban J connectivity index is 2.16. The average molecular weight is 146 g/mol. The Morgan fingerprint density at radius 3 is 2.67 bits per heavy atom. The van der Waals surface area contributed by atoms with E-state index in [-0.39, 0.29) is 5.91 Å². The summed E-state index contributed by atoms with van der Waals surface area (Å²) in [6.07, 6.45) is 1.15. The van der Waals surface area contributed by atoms with E-state index in [9.17, 15) is 4.79 Å². The van der Waals surface area contributed by atoms with Gasteiger partial charge in [0.2, 0.25) is 5.91 Å². The number of likely N-dealkylation sites (tertiary alicyclic amines) is 1. The summed E-state index contributed by atoms with van der Waals surface area (Å²) in [5.74, 6) is 0.605. The van der Waals surface area contributed by atoms with Gasteiger partial charge in [0.05, 0.1) is 5.75 Å². The van der Waals surface area contributed by atoms with E-state index in [1.54, 1.807) is 0 Å². The van der Waals surface area contributed by atoms with E-state index < -0.39 is 0 Å². The van der Waals surface area contributed by atoms with Crippen LogP contribution in [0.25, 0.3) is 0 Å². The highest BCUT2D eigenvalue weighted by Crippen LogP contribution is 2.06. The molecule has 3 nitrogen and oxygen atoms in total. The number of carbonyl (C=O) groups excluding carboxylic acids is 1. The van der Waals surface area contributed by atoms with Gasteiger partial charge in [0.25, 0.3) is 0 Å². The number of hydrogen-bond donors (Lipinski definition) is 1. The summed E-state index contributed by atoms with van der Waals surface area (Å²) < 4.78 is 0. The van der Waals surface area contributed by atoms with Crippen LogP contribution in [0.5, 0.6) is 0 Å². The van der Waals surface area contributed by atoms with Gasteiger partial charge in [-0.2, -0.15) is 0 Å². The molecule has 0 atom stereocenters. The molecule has 0 aliphatic carbocycles. The molecule has 2 N–H and O–H groups in total. The molecule has 1 aliphatic heterocycles. The molecule has 0 aromatic rings. The van der Waals surface area contributed by atoms with E-state index in [4.69, 9.17) is 5.14 Å². The molecule has 1 amide bonds. The van der Waals surface area contributed by atoms with E-state index in [1.165, 1.54) is 0 Å². The van der Waals surface area contributed by atoms with Crippen LogP contribution < -0.4 is 5.14 Å². The van der Waals surface area contributed by atoms with Crippen molar-refractivity contribution in [3.63, 3.8) is 0 Å². The SMILES string of the molecule is NSCC(=O)N1CCC1. The van der Waals surface area contributed by atoms with Gasteiger partial charge in [-0.05, 0) is 6.42 Å². The van der Waals surface area contributed by atoms with Crippen molar-refractivity contribution in [2.75, 3.05) is 18.8 Å². The third-order valence-electron chi connectivity index (χ3n) is 1.42. The fourth-order valence-electron chi connectivity index (χ4n) is 0.728. The van der Waals surface area contributed by atoms with Crippen LogP contribution in [0.4, 0.5) is 0 Å². The van der Waals surface area contributed by atoms with Crippen LogP contribution in [0.1, 0.15) is 6.42 Å². The number of hydrogen-bond acceptors (Lipinski definition) is 3. The smallest absolute Gasteiger partial charge is 0.233 e. The van der Waals surface area contributed by atoms with Gasteiger partial charge < -0.3 is 4.90 Å². The van der Waals surface area contributed by atoms with E-state index in [2.05, 4.69) is 0 Å². The first-order chi connectivity index (χ1) is 4.34. The molecule has 1 heterocycles. The van der Waals surface area contributed by atoms with Crippen LogP contribution in [0.3, 0.4) is 0 Å². The molecule has 52 valence electrons. The van der Waals surface area contributed by atoms with Gasteiger partial charge in [0.1, 0.15) is 0 Å². The fraction of sp³-hybridized carbons (Fsp3) is 0.800. The van der Waals surface area contributed by atoms with Crippen molar-refractivity contribution < 1.29 is 4.79 Å². The molecule has 1 rings (SSSR count). The zero-order valence-corrected chi connectivity index (χ0v) is 5.99. The predicted molar refractivity (Wildman–Crippen MR) is 37.8 cm³/mol. The molecule has 1 fully saturated rings. The lowest BCUT2D eigenvalue weighted by molar-refractivity contribution is -0.131. The molecule has 0 radical (unpaired) electrons. The van der Waals surface area contributed by atoms with E-state index in [1.807, 2.05) is 4.90 Å². The third kappa shape index (κ3) is 1.59. The summed E-state index contributed by atoms with van der Waals surface area (Å²) in [7, 11) is 0. The van der Waals surface area contributed by atoms with Crippen molar-refractivity contribution in [2.45, 2.75) is 6.42 Å². The summed E-state index contributed by atoms with van der Waals surface area (Å²) in [4.78, 5) is 12.7. The molecule has 0 aromatic heterocycles. The monoisotopic (exact) mass is 146 g/mol. The van der Waals surface area contributed by atoms with E-state index in [0.29, 0.717) is 5.75 Å². The summed E-state index contributed by atoms with van der Waals surface area (Å²) in [5, 5.41) is 5.12. The van der Waals surface area contributed by atoms with Gasteiger partial charge in [-0.1, -0.05) is 11.9 Å². The van der Waals surface area contributed by atoms with Crippen molar-refractivity contribution in [3.05, 3.63) is 0 Å². The number of nitrogens with zero attached hydrogens (tertiary/aromatic N) is 1. The predicted octanol–water partition coefficient (Wildman–Crippen LogP) is -0.174. The zero-order valence-electron chi connectivity index (χ0n) is 5.17. The van der Waals surface area contributed by atoms with Gasteiger partial charge in [-0.3, -0.25) is 9.93 Å². The van der Waals surface area contributed by atoms with Crippen LogP contribution in [0, 0.1) is 0 Å². The van der Waals surface area contributed by atoms with Gasteiger partial charge in [-0.15, -0.1) is 0 Å². The highest BCUT2D eigenvalue weighted by Gasteiger charge is 2.18. The molecule has 0 spiro atoms. The molecule has 0 aromatic carbocycles. The Bertz CT molecular complexity index is 114. The fourth-order valence-corrected chi connectivity index (χ4v) is 1.05. The quantitative estimate of drug-likeness (QED) is 0.550. The van der Waals surface area contributed by atoms with Crippen LogP contribution in [-0.2, 0) is 4.79 Å². The number of amides is 1. The third-order valence-corrected chi connectivity index (χ3v) is 1.83. The zero-order chi connectivity index (χ0) is 6.69. The Hall–Kier alpha value is -0.220. The van der Waals surface area contributed by atoms with Crippen LogP contribution in [0.15, 0.2) is 0 Å². The maximum atomic E-state index is 10.9. The lowest BCUT2D eigenvalue weighted by Gasteiger charge is -2.30. The molecule has 1 aliphatic rings. The van der Waals surface area contributed by atoms with Crippen molar-refractivity contribution in [1.82, 2.24) is 4.90 Å². The lowest BCUT2D eigenvalue weighted by atomic mass is 10.2. The molecule has 9 heavy (non-hydrogen) atoms. The van der Waals surface area contributed by atoms with Gasteiger partial charge in [-0.25, -0.2) is 0 Å².